The highest BCUT2D eigenvalue weighted by molar-refractivity contribution is 5.81. The lowest BCUT2D eigenvalue weighted by Crippen LogP contribution is -2.15. The number of nitrogens with two attached hydrogens (primary N) is 1. The van der Waals surface area contributed by atoms with Crippen LogP contribution in [0.4, 0.5) is 5.82 Å². The number of hydrogen-bond donors (Lipinski definition) is 2. The molecule has 17 heavy (non-hydrogen) atoms. The number of nitrogen functional groups attached to an aromatic ring is 1. The van der Waals surface area contributed by atoms with E-state index in [0.717, 1.165) is 0 Å². The lowest BCUT2D eigenvalue weighted by Gasteiger charge is -2.13. The molecule has 88 valence electrons. The van der Waals surface area contributed by atoms with Gasteiger partial charge in [0, 0.05) is 0 Å². The summed E-state index contributed by atoms with van der Waals surface area (Å²) in [6, 6.07) is 0.242. The average Bonchev–Trinajstić information content (AvgIpc) is 2.93. The Kier molecular flexibility index (Phi) is 2.03. The van der Waals surface area contributed by atoms with Crippen molar-refractivity contribution in [1.29, 1.82) is 0 Å². The highest BCUT2D eigenvalue weighted by Gasteiger charge is 2.22. The van der Waals surface area contributed by atoms with E-state index in [-0.39, 0.29) is 12.7 Å². The third-order valence-electron chi connectivity index (χ3n) is 2.56. The maximum atomic E-state index is 9.05. The van der Waals surface area contributed by atoms with Crippen molar-refractivity contribution in [2.45, 2.75) is 12.3 Å². The van der Waals surface area contributed by atoms with Crippen LogP contribution in [0.1, 0.15) is 7.60 Å². The molecule has 0 aromatic carbocycles. The molecular formula is C10H11N5O2. The minimum absolute atomic E-state index is 0.227. The Morgan fingerprint density at radius 1 is 1.53 bits per heavy atom. The molecular weight excluding hydrogens is 222 g/mol. The summed E-state index contributed by atoms with van der Waals surface area (Å²) in [6.45, 7) is -0.227. The first-order chi connectivity index (χ1) is 8.70. The van der Waals surface area contributed by atoms with Crippen LogP contribution in [-0.2, 0) is 4.74 Å². The van der Waals surface area contributed by atoms with Crippen LogP contribution < -0.4 is 5.73 Å². The molecule has 0 spiro atoms. The van der Waals surface area contributed by atoms with Crippen molar-refractivity contribution in [2.24, 2.45) is 0 Å². The quantitative estimate of drug-likeness (QED) is 0.701. The second-order valence-corrected chi connectivity index (χ2v) is 3.61. The van der Waals surface area contributed by atoms with Crippen LogP contribution in [0.25, 0.3) is 11.2 Å². The number of anilines is 1. The van der Waals surface area contributed by atoms with Crippen LogP contribution >= 0.6 is 0 Å². The van der Waals surface area contributed by atoms with E-state index in [1.54, 1.807) is 10.6 Å². The first-order valence-electron chi connectivity index (χ1n) is 5.58. The largest absolute Gasteiger partial charge is 0.393 e. The Morgan fingerprint density at radius 3 is 3.18 bits per heavy atom. The van der Waals surface area contributed by atoms with E-state index in [1.807, 2.05) is 0 Å². The standard InChI is InChI=1S/C10H11N5O2/c11-9-8-10(13-4-12-9)15(5-14-8)7-2-1-6(3-16)17-7/h1-2,4-7,16H,3H2,(H2,11,12,13)/t6-,7+/m0/s1/i1D. The van der Waals surface area contributed by atoms with Gasteiger partial charge < -0.3 is 15.6 Å². The van der Waals surface area contributed by atoms with Gasteiger partial charge in [0.1, 0.15) is 17.9 Å². The van der Waals surface area contributed by atoms with E-state index >= 15 is 0 Å². The Hall–Kier alpha value is -1.99. The lowest BCUT2D eigenvalue weighted by molar-refractivity contribution is -0.00638. The van der Waals surface area contributed by atoms with E-state index in [1.165, 1.54) is 12.7 Å². The second-order valence-electron chi connectivity index (χ2n) is 3.61. The Labute approximate surface area is 98.0 Å². The highest BCUT2D eigenvalue weighted by atomic mass is 16.5. The van der Waals surface area contributed by atoms with Crippen LogP contribution in [0.5, 0.6) is 0 Å². The summed E-state index contributed by atoms with van der Waals surface area (Å²) >= 11 is 0. The molecule has 7 nitrogen and oxygen atoms in total. The fraction of sp³-hybridized carbons (Fsp3) is 0.300. The molecule has 0 radical (unpaired) electrons. The molecule has 0 saturated heterocycles. The molecule has 2 aromatic heterocycles. The first-order valence-corrected chi connectivity index (χ1v) is 5.08. The summed E-state index contributed by atoms with van der Waals surface area (Å²) in [5, 5.41) is 9.05. The predicted molar refractivity (Wildman–Crippen MR) is 59.9 cm³/mol. The molecule has 3 rings (SSSR count). The predicted octanol–water partition coefficient (Wildman–Crippen LogP) is -0.146. The van der Waals surface area contributed by atoms with Crippen LogP contribution in [-0.4, -0.2) is 37.3 Å². The SMILES string of the molecule is [2H]C1=C[C@H](n2cnc3c(N)ncnc32)O[C@@H]1CO. The molecule has 2 atom stereocenters. The number of rotatable bonds is 2. The fourth-order valence-corrected chi connectivity index (χ4v) is 1.73. The number of imidazole rings is 1. The van der Waals surface area contributed by atoms with Gasteiger partial charge in [0.15, 0.2) is 17.7 Å². The molecule has 2 aromatic rings. The molecule has 1 aliphatic heterocycles. The van der Waals surface area contributed by atoms with Crippen LogP contribution in [0.2, 0.25) is 0 Å². The Bertz CT molecular complexity index is 626. The summed E-state index contributed by atoms with van der Waals surface area (Å²) < 4.78 is 14.8. The minimum atomic E-state index is -0.605. The zero-order valence-electron chi connectivity index (χ0n) is 9.82. The number of ether oxygens (including phenoxy) is 1. The van der Waals surface area contributed by atoms with Crippen LogP contribution in [0.15, 0.2) is 24.8 Å². The van der Waals surface area contributed by atoms with Gasteiger partial charge in [0.25, 0.3) is 0 Å². The van der Waals surface area contributed by atoms with Crippen molar-refractivity contribution in [2.75, 3.05) is 12.3 Å². The second kappa shape index (κ2) is 3.79. The normalized spacial score (nSPS) is 25.0. The molecule has 0 saturated carbocycles. The van der Waals surface area contributed by atoms with Gasteiger partial charge in [0.05, 0.1) is 14.3 Å². The van der Waals surface area contributed by atoms with Gasteiger partial charge in [-0.25, -0.2) is 15.0 Å². The number of aliphatic hydroxyl groups is 1. The lowest BCUT2D eigenvalue weighted by atomic mass is 10.4. The van der Waals surface area contributed by atoms with Crippen molar-refractivity contribution in [3.05, 3.63) is 24.8 Å². The van der Waals surface area contributed by atoms with Crippen molar-refractivity contribution >= 4 is 17.0 Å². The molecule has 7 heteroatoms. The Balaban J connectivity index is 2.04. The molecule has 0 aliphatic carbocycles. The van der Waals surface area contributed by atoms with Gasteiger partial charge in [-0.2, -0.15) is 0 Å². The molecule has 3 heterocycles. The maximum absolute atomic E-state index is 9.05. The van der Waals surface area contributed by atoms with Gasteiger partial charge in [0.2, 0.25) is 0 Å². The van der Waals surface area contributed by atoms with Crippen LogP contribution in [0, 0.1) is 0 Å². The molecule has 0 unspecified atom stereocenters. The summed E-state index contributed by atoms with van der Waals surface area (Å²) in [5.41, 5.74) is 6.72. The molecule has 1 aliphatic rings. The topological polar surface area (TPSA) is 99.1 Å². The van der Waals surface area contributed by atoms with Gasteiger partial charge in [-0.05, 0) is 6.08 Å². The molecule has 0 amide bonds. The third kappa shape index (κ3) is 1.56. The molecule has 0 bridgehead atoms. The highest BCUT2D eigenvalue weighted by Crippen LogP contribution is 2.25. The van der Waals surface area contributed by atoms with E-state index in [9.17, 15) is 0 Å². The third-order valence-corrected chi connectivity index (χ3v) is 2.56. The summed E-state index contributed by atoms with van der Waals surface area (Å²) in [4.78, 5) is 12.1. The number of fused-ring (bicyclic) bond motifs is 1. The maximum Gasteiger partial charge on any atom is 0.167 e. The first kappa shape index (κ1) is 9.08. The number of nitrogens with zero attached hydrogens (tertiary/aromatic N) is 4. The van der Waals surface area contributed by atoms with Crippen molar-refractivity contribution in [3.63, 3.8) is 0 Å². The summed E-state index contributed by atoms with van der Waals surface area (Å²) in [5.74, 6) is 0.297. The minimum Gasteiger partial charge on any atom is -0.393 e. The zero-order chi connectivity index (χ0) is 12.7. The van der Waals surface area contributed by atoms with Gasteiger partial charge in [-0.1, -0.05) is 6.05 Å². The van der Waals surface area contributed by atoms with Crippen LogP contribution in [0.3, 0.4) is 0 Å². The van der Waals surface area contributed by atoms with E-state index in [2.05, 4.69) is 15.0 Å². The van der Waals surface area contributed by atoms with E-state index in [4.69, 9.17) is 16.9 Å². The Morgan fingerprint density at radius 2 is 2.41 bits per heavy atom. The summed E-state index contributed by atoms with van der Waals surface area (Å²) in [6.07, 6.45) is 3.37. The fourth-order valence-electron chi connectivity index (χ4n) is 1.73. The zero-order valence-corrected chi connectivity index (χ0v) is 8.82. The van der Waals surface area contributed by atoms with E-state index in [0.29, 0.717) is 17.0 Å². The van der Waals surface area contributed by atoms with Gasteiger partial charge >= 0.3 is 0 Å². The number of aliphatic hydroxyl groups excluding tert-OH is 1. The summed E-state index contributed by atoms with van der Waals surface area (Å²) in [7, 11) is 0. The smallest absolute Gasteiger partial charge is 0.167 e. The van der Waals surface area contributed by atoms with E-state index < -0.39 is 12.3 Å². The van der Waals surface area contributed by atoms with Crippen molar-refractivity contribution in [3.8, 4) is 0 Å². The van der Waals surface area contributed by atoms with Crippen molar-refractivity contribution in [1.82, 2.24) is 19.5 Å². The molecule has 0 fully saturated rings. The number of hydrogen-bond acceptors (Lipinski definition) is 6. The monoisotopic (exact) mass is 234 g/mol. The van der Waals surface area contributed by atoms with Crippen molar-refractivity contribution < 1.29 is 11.2 Å². The number of aromatic nitrogens is 4. The molecule has 3 N–H and O–H groups in total. The average molecular weight is 234 g/mol. The van der Waals surface area contributed by atoms with Gasteiger partial charge in [-0.3, -0.25) is 4.57 Å². The van der Waals surface area contributed by atoms with Gasteiger partial charge in [-0.15, -0.1) is 0 Å².